The highest BCUT2D eigenvalue weighted by Crippen LogP contribution is 2.36. The monoisotopic (exact) mass is 307 g/mol. The lowest BCUT2D eigenvalue weighted by Crippen LogP contribution is -2.20. The van der Waals surface area contributed by atoms with E-state index in [0.717, 1.165) is 27.0 Å². The van der Waals surface area contributed by atoms with Gasteiger partial charge in [0.1, 0.15) is 5.75 Å². The van der Waals surface area contributed by atoms with E-state index in [-0.39, 0.29) is 0 Å². The van der Waals surface area contributed by atoms with Crippen LogP contribution in [0.5, 0.6) is 5.75 Å². The molecule has 0 aliphatic carbocycles. The van der Waals surface area contributed by atoms with Crippen molar-refractivity contribution < 1.29 is 9.53 Å². The summed E-state index contributed by atoms with van der Waals surface area (Å²) < 4.78 is 7.79. The number of carbonyl (C=O) groups is 1. The molecule has 18 heavy (non-hydrogen) atoms. The average Bonchev–Trinajstić information content (AvgIpc) is 2.67. The predicted molar refractivity (Wildman–Crippen MR) is 69.5 cm³/mol. The molecule has 6 heteroatoms. The highest BCUT2D eigenvalue weighted by atomic mass is 79.9. The highest BCUT2D eigenvalue weighted by molar-refractivity contribution is 9.10. The van der Waals surface area contributed by atoms with Crippen molar-refractivity contribution in [2.24, 2.45) is 5.73 Å². The zero-order chi connectivity index (χ0) is 12.7. The quantitative estimate of drug-likeness (QED) is 0.811. The summed E-state index contributed by atoms with van der Waals surface area (Å²) in [6, 6.07) is 5.20. The van der Waals surface area contributed by atoms with Crippen LogP contribution >= 0.6 is 15.9 Å². The van der Waals surface area contributed by atoms with Gasteiger partial charge in [-0.1, -0.05) is 15.9 Å². The Bertz CT molecular complexity index is 636. The number of hydrogen-bond donors (Lipinski definition) is 1. The molecule has 0 spiro atoms. The molecule has 1 aromatic heterocycles. The first-order valence-corrected chi connectivity index (χ1v) is 6.25. The van der Waals surface area contributed by atoms with Crippen molar-refractivity contribution in [1.82, 2.24) is 9.78 Å². The number of fused-ring (bicyclic) bond motifs is 3. The van der Waals surface area contributed by atoms with Gasteiger partial charge in [-0.2, -0.15) is 9.78 Å². The molecule has 0 bridgehead atoms. The van der Waals surface area contributed by atoms with Crippen LogP contribution in [0.1, 0.15) is 5.69 Å². The standard InChI is InChI=1S/C12H10BrN3O2/c13-7-1-2-8-9-6-16(12(14)17)15-10(9)3-4-18-11(8)5-7/h1-2,5-6H,3-4H2,(H2,14,17). The molecule has 0 atom stereocenters. The Labute approximate surface area is 112 Å². The number of nitrogens with two attached hydrogens (primary N) is 1. The number of primary amides is 1. The zero-order valence-electron chi connectivity index (χ0n) is 9.39. The third kappa shape index (κ3) is 1.78. The van der Waals surface area contributed by atoms with Gasteiger partial charge < -0.3 is 10.5 Å². The first-order valence-electron chi connectivity index (χ1n) is 5.46. The second kappa shape index (κ2) is 4.13. The zero-order valence-corrected chi connectivity index (χ0v) is 11.0. The number of hydrogen-bond acceptors (Lipinski definition) is 3. The van der Waals surface area contributed by atoms with E-state index in [1.54, 1.807) is 6.20 Å². The van der Waals surface area contributed by atoms with E-state index in [0.29, 0.717) is 13.0 Å². The number of aromatic nitrogens is 2. The van der Waals surface area contributed by atoms with Crippen molar-refractivity contribution >= 4 is 22.0 Å². The van der Waals surface area contributed by atoms with Crippen molar-refractivity contribution in [1.29, 1.82) is 0 Å². The minimum atomic E-state index is -0.581. The first kappa shape index (κ1) is 11.3. The summed E-state index contributed by atoms with van der Waals surface area (Å²) in [4.78, 5) is 11.2. The maximum absolute atomic E-state index is 11.2. The molecule has 1 aliphatic rings. The smallest absolute Gasteiger partial charge is 0.339 e. The molecule has 1 aliphatic heterocycles. The third-order valence-electron chi connectivity index (χ3n) is 2.85. The number of halogens is 1. The predicted octanol–water partition coefficient (Wildman–Crippen LogP) is 2.17. The maximum atomic E-state index is 11.2. The van der Waals surface area contributed by atoms with E-state index < -0.39 is 6.03 Å². The summed E-state index contributed by atoms with van der Waals surface area (Å²) in [5.41, 5.74) is 7.89. The Morgan fingerprint density at radius 3 is 3.06 bits per heavy atom. The summed E-state index contributed by atoms with van der Waals surface area (Å²) in [7, 11) is 0. The van der Waals surface area contributed by atoms with Crippen LogP contribution in [-0.2, 0) is 6.42 Å². The Kier molecular flexibility index (Phi) is 2.59. The largest absolute Gasteiger partial charge is 0.492 e. The molecule has 2 N–H and O–H groups in total. The van der Waals surface area contributed by atoms with Gasteiger partial charge in [-0.15, -0.1) is 0 Å². The van der Waals surface area contributed by atoms with E-state index in [2.05, 4.69) is 21.0 Å². The molecular weight excluding hydrogens is 298 g/mol. The fraction of sp³-hybridized carbons (Fsp3) is 0.167. The van der Waals surface area contributed by atoms with Crippen LogP contribution in [-0.4, -0.2) is 22.4 Å². The first-order chi connectivity index (χ1) is 8.65. The molecule has 0 saturated heterocycles. The summed E-state index contributed by atoms with van der Waals surface area (Å²) in [6.45, 7) is 0.534. The molecule has 0 saturated carbocycles. The van der Waals surface area contributed by atoms with Gasteiger partial charge in [0, 0.05) is 28.2 Å². The van der Waals surface area contributed by atoms with Crippen molar-refractivity contribution in [2.45, 2.75) is 6.42 Å². The number of carbonyl (C=O) groups excluding carboxylic acids is 1. The van der Waals surface area contributed by atoms with Gasteiger partial charge in [0.2, 0.25) is 0 Å². The number of ether oxygens (including phenoxy) is 1. The van der Waals surface area contributed by atoms with Crippen LogP contribution in [0.3, 0.4) is 0 Å². The van der Waals surface area contributed by atoms with Gasteiger partial charge in [-0.3, -0.25) is 0 Å². The van der Waals surface area contributed by atoms with Crippen LogP contribution < -0.4 is 10.5 Å². The van der Waals surface area contributed by atoms with Crippen LogP contribution in [0, 0.1) is 0 Å². The number of amides is 1. The maximum Gasteiger partial charge on any atom is 0.339 e. The molecule has 92 valence electrons. The van der Waals surface area contributed by atoms with Gasteiger partial charge >= 0.3 is 6.03 Å². The van der Waals surface area contributed by atoms with Gasteiger partial charge in [0.25, 0.3) is 0 Å². The van der Waals surface area contributed by atoms with Crippen LogP contribution in [0.2, 0.25) is 0 Å². The van der Waals surface area contributed by atoms with Crippen molar-refractivity contribution in [2.75, 3.05) is 6.61 Å². The molecule has 0 fully saturated rings. The van der Waals surface area contributed by atoms with Crippen LogP contribution in [0.25, 0.3) is 11.1 Å². The lowest BCUT2D eigenvalue weighted by molar-refractivity contribution is 0.247. The molecule has 0 unspecified atom stereocenters. The fourth-order valence-electron chi connectivity index (χ4n) is 2.03. The minimum absolute atomic E-state index is 0.534. The summed E-state index contributed by atoms with van der Waals surface area (Å²) in [5, 5.41) is 4.18. The molecule has 0 radical (unpaired) electrons. The summed E-state index contributed by atoms with van der Waals surface area (Å²) in [6.07, 6.45) is 2.31. The highest BCUT2D eigenvalue weighted by Gasteiger charge is 2.20. The second-order valence-electron chi connectivity index (χ2n) is 4.01. The van der Waals surface area contributed by atoms with E-state index in [1.807, 2.05) is 18.2 Å². The fourth-order valence-corrected chi connectivity index (χ4v) is 2.37. The van der Waals surface area contributed by atoms with Crippen molar-refractivity contribution in [3.63, 3.8) is 0 Å². The Morgan fingerprint density at radius 2 is 2.28 bits per heavy atom. The van der Waals surface area contributed by atoms with E-state index in [9.17, 15) is 4.79 Å². The molecule has 5 nitrogen and oxygen atoms in total. The topological polar surface area (TPSA) is 70.1 Å². The van der Waals surface area contributed by atoms with E-state index >= 15 is 0 Å². The van der Waals surface area contributed by atoms with Gasteiger partial charge in [-0.05, 0) is 18.2 Å². The average molecular weight is 308 g/mol. The van der Waals surface area contributed by atoms with E-state index in [1.165, 1.54) is 4.68 Å². The third-order valence-corrected chi connectivity index (χ3v) is 3.34. The summed E-state index contributed by atoms with van der Waals surface area (Å²) >= 11 is 3.41. The number of benzene rings is 1. The summed E-state index contributed by atoms with van der Waals surface area (Å²) in [5.74, 6) is 0.784. The Morgan fingerprint density at radius 1 is 1.44 bits per heavy atom. The van der Waals surface area contributed by atoms with Crippen molar-refractivity contribution in [3.8, 4) is 16.9 Å². The molecule has 1 aromatic carbocycles. The van der Waals surface area contributed by atoms with Gasteiger partial charge in [0.15, 0.2) is 0 Å². The second-order valence-corrected chi connectivity index (χ2v) is 4.93. The van der Waals surface area contributed by atoms with E-state index in [4.69, 9.17) is 10.5 Å². The molecule has 3 rings (SSSR count). The SMILES string of the molecule is NC(=O)n1cc2c(n1)CCOc1cc(Br)ccc1-2. The molecular formula is C12H10BrN3O2. The molecule has 2 heterocycles. The lowest BCUT2D eigenvalue weighted by Gasteiger charge is -2.07. The number of nitrogens with zero attached hydrogens (tertiary/aromatic N) is 2. The van der Waals surface area contributed by atoms with Crippen LogP contribution in [0.4, 0.5) is 4.79 Å². The van der Waals surface area contributed by atoms with Gasteiger partial charge in [-0.25, -0.2) is 4.79 Å². The molecule has 1 amide bonds. The number of rotatable bonds is 0. The normalized spacial score (nSPS) is 13.2. The Balaban J connectivity index is 2.20. The van der Waals surface area contributed by atoms with Crippen molar-refractivity contribution in [3.05, 3.63) is 34.6 Å². The molecule has 2 aromatic rings. The Hall–Kier alpha value is -1.82. The lowest BCUT2D eigenvalue weighted by atomic mass is 10.1. The van der Waals surface area contributed by atoms with Gasteiger partial charge in [0.05, 0.1) is 12.3 Å². The van der Waals surface area contributed by atoms with Crippen LogP contribution in [0.15, 0.2) is 28.9 Å². The minimum Gasteiger partial charge on any atom is -0.492 e.